The monoisotopic (exact) mass is 630 g/mol. The number of amides is 1. The fourth-order valence-electron chi connectivity index (χ4n) is 5.85. The lowest BCUT2D eigenvalue weighted by atomic mass is 9.91. The van der Waals surface area contributed by atoms with Gasteiger partial charge >= 0.3 is 0 Å². The van der Waals surface area contributed by atoms with Gasteiger partial charge in [-0.1, -0.05) is 18.2 Å². The third kappa shape index (κ3) is 6.88. The van der Waals surface area contributed by atoms with Gasteiger partial charge in [0.05, 0.1) is 23.7 Å². The number of nitrogens with zero attached hydrogens (tertiary/aromatic N) is 5. The van der Waals surface area contributed by atoms with E-state index in [1.165, 1.54) is 6.20 Å². The summed E-state index contributed by atoms with van der Waals surface area (Å²) in [6.45, 7) is 5.04. The van der Waals surface area contributed by atoms with E-state index < -0.39 is 17.9 Å². The van der Waals surface area contributed by atoms with Crippen molar-refractivity contribution >= 4 is 11.7 Å². The average Bonchev–Trinajstić information content (AvgIpc) is 3.68. The number of aryl methyl sites for hydroxylation is 1. The molecule has 4 aromatic rings. The van der Waals surface area contributed by atoms with E-state index in [9.17, 15) is 18.4 Å². The van der Waals surface area contributed by atoms with Crippen LogP contribution in [0.3, 0.4) is 0 Å². The summed E-state index contributed by atoms with van der Waals surface area (Å²) >= 11 is 0. The second-order valence-electron chi connectivity index (χ2n) is 11.9. The molecule has 10 nitrogen and oxygen atoms in total. The average molecular weight is 631 g/mol. The van der Waals surface area contributed by atoms with Crippen LogP contribution in [-0.4, -0.2) is 69.4 Å². The van der Waals surface area contributed by atoms with Gasteiger partial charge in [-0.3, -0.25) is 19.4 Å². The van der Waals surface area contributed by atoms with Gasteiger partial charge in [0.15, 0.2) is 5.82 Å². The number of ether oxygens (including phenoxy) is 1. The standard InChI is InChI=1S/C34H36F2N6O4/c1-20-13-22(17-37-30(20)34(44)39-25-9-10-25)31-21(2)29(42(40-31)26-7-5-4-6-8-26)16-27(43)14-24-19-41(11-12-45-3)46-32(24)23-15-28(35)33(36)38-18-23/h4-8,13,15,17-18,24-25,32H,9-12,14,16,19H2,1-3H3,(H,39,44)/t24-,32+/m1/s1. The Balaban J connectivity index is 1.27. The molecule has 46 heavy (non-hydrogen) atoms. The second kappa shape index (κ2) is 13.5. The van der Waals surface area contributed by atoms with Crippen LogP contribution < -0.4 is 5.32 Å². The summed E-state index contributed by atoms with van der Waals surface area (Å²) in [5.74, 6) is -2.83. The number of ketones is 1. The molecule has 1 saturated carbocycles. The second-order valence-corrected chi connectivity index (χ2v) is 11.9. The lowest BCUT2D eigenvalue weighted by molar-refractivity contribution is -0.155. The Morgan fingerprint density at radius 1 is 1.09 bits per heavy atom. The van der Waals surface area contributed by atoms with Gasteiger partial charge in [-0.25, -0.2) is 14.1 Å². The van der Waals surface area contributed by atoms with Crippen LogP contribution in [0.25, 0.3) is 16.9 Å². The van der Waals surface area contributed by atoms with Crippen LogP contribution in [0.1, 0.15) is 58.2 Å². The molecular formula is C34H36F2N6O4. The number of hydrogen-bond acceptors (Lipinski definition) is 8. The van der Waals surface area contributed by atoms with Crippen LogP contribution >= 0.6 is 0 Å². The first-order valence-electron chi connectivity index (χ1n) is 15.4. The number of para-hydroxylation sites is 1. The number of hydroxylamine groups is 2. The molecule has 0 radical (unpaired) electrons. The maximum absolute atomic E-state index is 14.1. The zero-order chi connectivity index (χ0) is 32.4. The number of halogens is 2. The van der Waals surface area contributed by atoms with Gasteiger partial charge in [0, 0.05) is 68.5 Å². The molecule has 6 rings (SSSR count). The summed E-state index contributed by atoms with van der Waals surface area (Å²) in [7, 11) is 1.58. The molecule has 0 bridgehead atoms. The Bertz CT molecular complexity index is 1740. The van der Waals surface area contributed by atoms with E-state index in [2.05, 4.69) is 15.3 Å². The van der Waals surface area contributed by atoms with Gasteiger partial charge in [0.2, 0.25) is 5.95 Å². The van der Waals surface area contributed by atoms with Crippen LogP contribution in [0.5, 0.6) is 0 Å². The zero-order valence-electron chi connectivity index (χ0n) is 26.0. The molecule has 2 atom stereocenters. The minimum absolute atomic E-state index is 0.0594. The molecule has 1 amide bonds. The summed E-state index contributed by atoms with van der Waals surface area (Å²) in [5.41, 5.74) is 5.23. The van der Waals surface area contributed by atoms with Gasteiger partial charge in [-0.15, -0.1) is 0 Å². The van der Waals surface area contributed by atoms with Crippen LogP contribution in [-0.2, 0) is 20.8 Å². The number of benzene rings is 1. The first-order chi connectivity index (χ1) is 22.2. The number of pyridine rings is 2. The van der Waals surface area contributed by atoms with Crippen molar-refractivity contribution in [1.29, 1.82) is 0 Å². The summed E-state index contributed by atoms with van der Waals surface area (Å²) in [6.07, 6.45) is 4.41. The van der Waals surface area contributed by atoms with E-state index >= 15 is 0 Å². The largest absolute Gasteiger partial charge is 0.383 e. The molecule has 1 saturated heterocycles. The first kappa shape index (κ1) is 31.6. The molecule has 0 spiro atoms. The molecular weight excluding hydrogens is 594 g/mol. The van der Waals surface area contributed by atoms with E-state index in [1.54, 1.807) is 23.1 Å². The van der Waals surface area contributed by atoms with Gasteiger partial charge in [0.1, 0.15) is 17.6 Å². The highest BCUT2D eigenvalue weighted by Gasteiger charge is 2.37. The zero-order valence-corrected chi connectivity index (χ0v) is 26.0. The number of Topliss-reactive ketones (excluding diaryl/α,β-unsaturated/α-hetero) is 1. The van der Waals surface area contributed by atoms with Gasteiger partial charge in [-0.05, 0) is 62.1 Å². The molecule has 1 aromatic carbocycles. The highest BCUT2D eigenvalue weighted by molar-refractivity contribution is 5.94. The number of hydrogen-bond donors (Lipinski definition) is 1. The number of nitrogens with one attached hydrogen (secondary N) is 1. The molecule has 2 fully saturated rings. The van der Waals surface area contributed by atoms with Crippen molar-refractivity contribution < 1.29 is 27.9 Å². The molecule has 3 aromatic heterocycles. The number of methoxy groups -OCH3 is 1. The van der Waals surface area contributed by atoms with E-state index in [1.807, 2.05) is 50.2 Å². The number of aromatic nitrogens is 4. The Hall–Kier alpha value is -4.39. The van der Waals surface area contributed by atoms with Crippen molar-refractivity contribution in [2.24, 2.45) is 5.92 Å². The fourth-order valence-corrected chi connectivity index (χ4v) is 5.85. The molecule has 240 valence electrons. The predicted molar refractivity (Wildman–Crippen MR) is 165 cm³/mol. The highest BCUT2D eigenvalue weighted by atomic mass is 19.2. The third-order valence-electron chi connectivity index (χ3n) is 8.40. The fraction of sp³-hybridized carbons (Fsp3) is 0.382. The number of carbonyl (C=O) groups excluding carboxylic acids is 2. The van der Waals surface area contributed by atoms with Crippen LogP contribution in [0.2, 0.25) is 0 Å². The molecule has 4 heterocycles. The third-order valence-corrected chi connectivity index (χ3v) is 8.40. The minimum Gasteiger partial charge on any atom is -0.383 e. The maximum Gasteiger partial charge on any atom is 0.270 e. The topological polar surface area (TPSA) is 111 Å². The van der Waals surface area contributed by atoms with Gasteiger partial charge in [-0.2, -0.15) is 14.6 Å². The van der Waals surface area contributed by atoms with E-state index in [-0.39, 0.29) is 36.5 Å². The van der Waals surface area contributed by atoms with Gasteiger partial charge < -0.3 is 10.1 Å². The minimum atomic E-state index is -1.19. The molecule has 1 aliphatic carbocycles. The maximum atomic E-state index is 14.1. The first-order valence-corrected chi connectivity index (χ1v) is 15.4. The van der Waals surface area contributed by atoms with E-state index in [0.717, 1.165) is 47.0 Å². The Morgan fingerprint density at radius 2 is 1.87 bits per heavy atom. The van der Waals surface area contributed by atoms with E-state index in [0.29, 0.717) is 36.6 Å². The van der Waals surface area contributed by atoms with Crippen LogP contribution in [0, 0.1) is 31.5 Å². The highest BCUT2D eigenvalue weighted by Crippen LogP contribution is 2.37. The van der Waals surface area contributed by atoms with Crippen molar-refractivity contribution in [3.8, 4) is 16.9 Å². The van der Waals surface area contributed by atoms with E-state index in [4.69, 9.17) is 14.7 Å². The molecule has 1 N–H and O–H groups in total. The normalized spacial score (nSPS) is 18.2. The molecule has 2 aliphatic rings. The number of rotatable bonds is 12. The lowest BCUT2D eigenvalue weighted by Gasteiger charge is -2.17. The van der Waals surface area contributed by atoms with Crippen molar-refractivity contribution in [2.45, 2.75) is 51.7 Å². The Morgan fingerprint density at radius 3 is 2.57 bits per heavy atom. The smallest absolute Gasteiger partial charge is 0.270 e. The van der Waals surface area contributed by atoms with Gasteiger partial charge in [0.25, 0.3) is 5.91 Å². The van der Waals surface area contributed by atoms with Crippen molar-refractivity contribution in [3.63, 3.8) is 0 Å². The van der Waals surface area contributed by atoms with Crippen LogP contribution in [0.4, 0.5) is 8.78 Å². The summed E-state index contributed by atoms with van der Waals surface area (Å²) in [4.78, 5) is 40.5. The predicted octanol–water partition coefficient (Wildman–Crippen LogP) is 4.87. The molecule has 12 heteroatoms. The van der Waals surface area contributed by atoms with Crippen molar-refractivity contribution in [3.05, 3.63) is 94.7 Å². The van der Waals surface area contributed by atoms with Crippen molar-refractivity contribution in [1.82, 2.24) is 30.1 Å². The SMILES string of the molecule is COCCN1C[C@@H](CC(=O)Cc2c(C)c(-c3cnc(C(=O)NC4CC4)c(C)c3)nn2-c2ccccc2)[C@H](c2cnc(F)c(F)c2)O1. The summed E-state index contributed by atoms with van der Waals surface area (Å²) in [5, 5.41) is 9.60. The number of carbonyl (C=O) groups is 2. The molecule has 0 unspecified atom stereocenters. The molecule has 1 aliphatic heterocycles. The summed E-state index contributed by atoms with van der Waals surface area (Å²) < 4.78 is 34.7. The quantitative estimate of drug-likeness (QED) is 0.221. The van der Waals surface area contributed by atoms with Crippen LogP contribution in [0.15, 0.2) is 54.9 Å². The Kier molecular flexibility index (Phi) is 9.29. The lowest BCUT2D eigenvalue weighted by Crippen LogP contribution is -2.27. The van der Waals surface area contributed by atoms with Crippen molar-refractivity contribution in [2.75, 3.05) is 26.8 Å². The summed E-state index contributed by atoms with van der Waals surface area (Å²) in [6, 6.07) is 12.8. The Labute approximate surface area is 265 Å².